The Morgan fingerprint density at radius 1 is 0.787 bits per heavy atom. The zero-order valence-corrected chi connectivity index (χ0v) is 36.5. The molecule has 0 spiro atoms. The van der Waals surface area contributed by atoms with Crippen LogP contribution in [0.3, 0.4) is 0 Å². The first-order valence-corrected chi connectivity index (χ1v) is 20.5. The Bertz CT molecular complexity index is 2540. The number of phenols is 1. The van der Waals surface area contributed by atoms with Crippen molar-refractivity contribution in [2.24, 2.45) is 10.8 Å². The number of hydrogen-bond donors (Lipinski definition) is 1. The minimum atomic E-state index is -0.245. The molecule has 0 saturated carbocycles. The van der Waals surface area contributed by atoms with Crippen LogP contribution in [0.4, 0.5) is 11.4 Å². The summed E-state index contributed by atoms with van der Waals surface area (Å²) in [5, 5.41) is 11.5. The summed E-state index contributed by atoms with van der Waals surface area (Å²) in [6, 6.07) is 19.9. The van der Waals surface area contributed by atoms with E-state index >= 15 is 0 Å². The summed E-state index contributed by atoms with van der Waals surface area (Å²) in [5.74, 6) is 15.3. The minimum Gasteiger partial charge on any atom is -0.507 e. The third-order valence-corrected chi connectivity index (χ3v) is 10.8. The Kier molecular flexibility index (Phi) is 14.5. The largest absolute Gasteiger partial charge is 0.507 e. The van der Waals surface area contributed by atoms with E-state index in [0.29, 0.717) is 31.7 Å². The molecule has 0 unspecified atom stereocenters. The number of phenolic OH excluding ortho intramolecular Hbond substituents is 1. The lowest BCUT2D eigenvalue weighted by molar-refractivity contribution is 0.291. The SMILES string of the molecule is C#CCN(CC#C)c1ccc(C(=C\C(=C)C(C)(C)C)/C=C/C2=C(c3ccc(C#C)cc3)C(=C/C=C3\C=C(C(C)(C)C)Oc4cc(N(CC#C)CC#C)ccc43)/CCC2)c(O)c1. The summed E-state index contributed by atoms with van der Waals surface area (Å²) in [4.78, 5) is 3.85. The molecule has 1 aliphatic carbocycles. The number of anilines is 2. The lowest BCUT2D eigenvalue weighted by Crippen LogP contribution is -2.24. The summed E-state index contributed by atoms with van der Waals surface area (Å²) in [5.41, 5.74) is 11.1. The van der Waals surface area contributed by atoms with Gasteiger partial charge < -0.3 is 19.6 Å². The van der Waals surface area contributed by atoms with Crippen molar-refractivity contribution in [1.82, 2.24) is 0 Å². The van der Waals surface area contributed by atoms with Gasteiger partial charge >= 0.3 is 0 Å². The number of terminal acetylenes is 5. The Labute approximate surface area is 365 Å². The molecule has 306 valence electrons. The predicted molar refractivity (Wildman–Crippen MR) is 259 cm³/mol. The number of aromatic hydroxyl groups is 1. The normalized spacial score (nSPS) is 15.4. The highest BCUT2D eigenvalue weighted by atomic mass is 16.5. The van der Waals surface area contributed by atoms with Gasteiger partial charge in [0.25, 0.3) is 0 Å². The van der Waals surface area contributed by atoms with E-state index in [1.807, 2.05) is 46.2 Å². The van der Waals surface area contributed by atoms with Crippen molar-refractivity contribution in [3.63, 3.8) is 0 Å². The van der Waals surface area contributed by atoms with Crippen molar-refractivity contribution in [2.75, 3.05) is 36.0 Å². The van der Waals surface area contributed by atoms with E-state index < -0.39 is 0 Å². The predicted octanol–water partition coefficient (Wildman–Crippen LogP) is 12.0. The molecule has 0 aromatic heterocycles. The van der Waals surface area contributed by atoms with Crippen LogP contribution in [0.15, 0.2) is 126 Å². The lowest BCUT2D eigenvalue weighted by atomic mass is 9.81. The van der Waals surface area contributed by atoms with Crippen molar-refractivity contribution < 1.29 is 9.84 Å². The van der Waals surface area contributed by atoms with Crippen molar-refractivity contribution >= 4 is 28.1 Å². The molecule has 1 aliphatic heterocycles. The molecule has 1 N–H and O–H groups in total. The molecule has 0 fully saturated rings. The van der Waals surface area contributed by atoms with Gasteiger partial charge in [-0.3, -0.25) is 0 Å². The van der Waals surface area contributed by atoms with Gasteiger partial charge in [-0.2, -0.15) is 0 Å². The van der Waals surface area contributed by atoms with E-state index in [0.717, 1.165) is 81.1 Å². The molecule has 3 aromatic rings. The van der Waals surface area contributed by atoms with Crippen LogP contribution >= 0.6 is 0 Å². The fraction of sp³-hybridized carbons (Fsp3) is 0.263. The van der Waals surface area contributed by atoms with Gasteiger partial charge in [-0.05, 0) is 106 Å². The topological polar surface area (TPSA) is 35.9 Å². The number of fused-ring (bicyclic) bond motifs is 1. The molecule has 0 atom stereocenters. The van der Waals surface area contributed by atoms with E-state index in [2.05, 4.69) is 132 Å². The molecule has 4 heteroatoms. The van der Waals surface area contributed by atoms with Gasteiger partial charge in [-0.15, -0.1) is 32.1 Å². The van der Waals surface area contributed by atoms with Crippen LogP contribution in [0.25, 0.3) is 16.7 Å². The number of hydrogen-bond acceptors (Lipinski definition) is 4. The first kappa shape index (κ1) is 44.9. The van der Waals surface area contributed by atoms with Crippen molar-refractivity contribution in [1.29, 1.82) is 0 Å². The van der Waals surface area contributed by atoms with Crippen LogP contribution in [0.1, 0.15) is 83.1 Å². The molecule has 1 heterocycles. The minimum absolute atomic E-state index is 0.121. The van der Waals surface area contributed by atoms with E-state index in [1.165, 1.54) is 11.1 Å². The summed E-state index contributed by atoms with van der Waals surface area (Å²) in [6.07, 6.45) is 44.1. The molecular formula is C57H56N2O2. The number of benzene rings is 3. The second kappa shape index (κ2) is 19.7. The maximum absolute atomic E-state index is 11.5. The maximum Gasteiger partial charge on any atom is 0.136 e. The molecule has 0 amide bonds. The van der Waals surface area contributed by atoms with Gasteiger partial charge in [0.1, 0.15) is 17.3 Å². The average molecular weight is 801 g/mol. The first-order valence-electron chi connectivity index (χ1n) is 20.5. The monoisotopic (exact) mass is 800 g/mol. The van der Waals surface area contributed by atoms with Gasteiger partial charge in [0.2, 0.25) is 0 Å². The van der Waals surface area contributed by atoms with Crippen LogP contribution in [-0.4, -0.2) is 31.3 Å². The summed E-state index contributed by atoms with van der Waals surface area (Å²) >= 11 is 0. The Balaban J connectivity index is 1.67. The fourth-order valence-electron chi connectivity index (χ4n) is 7.15. The molecule has 2 aliphatic rings. The van der Waals surface area contributed by atoms with Gasteiger partial charge in [0.15, 0.2) is 0 Å². The average Bonchev–Trinajstić information content (AvgIpc) is 3.23. The van der Waals surface area contributed by atoms with Crippen LogP contribution in [-0.2, 0) is 0 Å². The number of nitrogens with zero attached hydrogens (tertiary/aromatic N) is 2. The smallest absolute Gasteiger partial charge is 0.136 e. The van der Waals surface area contributed by atoms with Crippen LogP contribution in [0.5, 0.6) is 11.5 Å². The Morgan fingerprint density at radius 3 is 1.95 bits per heavy atom. The molecule has 0 bridgehead atoms. The molecule has 61 heavy (non-hydrogen) atoms. The maximum atomic E-state index is 11.5. The van der Waals surface area contributed by atoms with Gasteiger partial charge in [0.05, 0.1) is 26.2 Å². The zero-order valence-electron chi connectivity index (χ0n) is 36.5. The third kappa shape index (κ3) is 11.1. The standard InChI is InChI=1S/C57H56N2O2/c1-13-33-58(34-14-2)48-29-31-50(52(60)39-48)46(37-41(6)56(7,8)9)27-25-43-19-18-20-44(55(43)45-23-21-42(17-5)22-24-45)26-28-47-38-54(57(10,11)12)61-53-40-49(30-32-51(47)53)59(35-15-3)36-16-4/h1-5,21-32,37-40,60H,6,18-20,33-36H2,7-12H3/b27-25+,44-26+,46-37-,47-28+. The number of allylic oxidation sites excluding steroid dienone is 13. The van der Waals surface area contributed by atoms with Gasteiger partial charge in [-0.25, -0.2) is 0 Å². The van der Waals surface area contributed by atoms with E-state index in [9.17, 15) is 5.11 Å². The van der Waals surface area contributed by atoms with Crippen LogP contribution < -0.4 is 14.5 Å². The Morgan fingerprint density at radius 2 is 1.39 bits per heavy atom. The van der Waals surface area contributed by atoms with Crippen molar-refractivity contribution in [3.05, 3.63) is 148 Å². The highest BCUT2D eigenvalue weighted by molar-refractivity contribution is 5.88. The molecule has 0 radical (unpaired) electrons. The quantitative estimate of drug-likeness (QED) is 0.146. The second-order valence-electron chi connectivity index (χ2n) is 17.3. The van der Waals surface area contributed by atoms with Crippen molar-refractivity contribution in [2.45, 2.75) is 60.8 Å². The molecular weight excluding hydrogens is 745 g/mol. The number of ether oxygens (including phenoxy) is 1. The second-order valence-corrected chi connectivity index (χ2v) is 17.3. The van der Waals surface area contributed by atoms with E-state index in [4.69, 9.17) is 36.9 Å². The molecule has 4 nitrogen and oxygen atoms in total. The molecule has 5 rings (SSSR count). The van der Waals surface area contributed by atoms with Crippen molar-refractivity contribution in [3.8, 4) is 73.2 Å². The summed E-state index contributed by atoms with van der Waals surface area (Å²) in [7, 11) is 0. The van der Waals surface area contributed by atoms with Crippen LogP contribution in [0.2, 0.25) is 0 Å². The Hall–Kier alpha value is -7.16. The summed E-state index contributed by atoms with van der Waals surface area (Å²) < 4.78 is 6.57. The fourth-order valence-corrected chi connectivity index (χ4v) is 7.15. The highest BCUT2D eigenvalue weighted by Gasteiger charge is 2.27. The lowest BCUT2D eigenvalue weighted by Gasteiger charge is -2.30. The van der Waals surface area contributed by atoms with Crippen LogP contribution in [0, 0.1) is 72.5 Å². The molecule has 0 saturated heterocycles. The third-order valence-electron chi connectivity index (χ3n) is 10.8. The summed E-state index contributed by atoms with van der Waals surface area (Å²) in [6.45, 7) is 18.7. The number of rotatable bonds is 12. The molecule has 3 aromatic carbocycles. The van der Waals surface area contributed by atoms with E-state index in [-0.39, 0.29) is 16.6 Å². The highest BCUT2D eigenvalue weighted by Crippen LogP contribution is 2.43. The van der Waals surface area contributed by atoms with Gasteiger partial charge in [0, 0.05) is 45.6 Å². The van der Waals surface area contributed by atoms with E-state index in [1.54, 1.807) is 6.07 Å². The first-order chi connectivity index (χ1) is 29.1. The van der Waals surface area contributed by atoms with Gasteiger partial charge in [-0.1, -0.05) is 120 Å². The zero-order chi connectivity index (χ0) is 44.3.